The van der Waals surface area contributed by atoms with Crippen LogP contribution >= 0.6 is 0 Å². The smallest absolute Gasteiger partial charge is 0.283 e. The maximum absolute atomic E-state index is 11.4. The van der Waals surface area contributed by atoms with Gasteiger partial charge in [-0.25, -0.2) is 10.8 Å². The van der Waals surface area contributed by atoms with Gasteiger partial charge in [0.05, 0.1) is 5.69 Å². The van der Waals surface area contributed by atoms with Crippen molar-refractivity contribution in [2.75, 3.05) is 0 Å². The van der Waals surface area contributed by atoms with Gasteiger partial charge in [-0.2, -0.15) is 0 Å². The first-order chi connectivity index (χ1) is 9.60. The molecule has 104 valence electrons. The fraction of sp³-hybridized carbons (Fsp3) is 0.200. The van der Waals surface area contributed by atoms with Crippen molar-refractivity contribution in [3.05, 3.63) is 58.9 Å². The van der Waals surface area contributed by atoms with Crippen molar-refractivity contribution in [2.24, 2.45) is 5.84 Å². The zero-order chi connectivity index (χ0) is 14.5. The Morgan fingerprint density at radius 2 is 2.05 bits per heavy atom. The Balaban J connectivity index is 2.07. The van der Waals surface area contributed by atoms with Gasteiger partial charge in [-0.1, -0.05) is 12.1 Å². The van der Waals surface area contributed by atoms with Crippen LogP contribution in [0.4, 0.5) is 0 Å². The molecule has 0 fully saturated rings. The Bertz CT molecular complexity index is 626. The van der Waals surface area contributed by atoms with Crippen LogP contribution in [0.5, 0.6) is 5.75 Å². The number of amides is 1. The SMILES string of the molecule is Cc1ccc(OCc2cccc(C(=O)NN)n2)cc1C. The number of hydrazine groups is 1. The lowest BCUT2D eigenvalue weighted by Crippen LogP contribution is -2.30. The van der Waals surface area contributed by atoms with E-state index in [9.17, 15) is 4.79 Å². The van der Waals surface area contributed by atoms with Gasteiger partial charge in [-0.15, -0.1) is 0 Å². The number of carbonyl (C=O) groups is 1. The van der Waals surface area contributed by atoms with Gasteiger partial charge in [0.1, 0.15) is 18.1 Å². The molecule has 1 amide bonds. The Hall–Kier alpha value is -2.40. The van der Waals surface area contributed by atoms with Crippen LogP contribution in [0, 0.1) is 13.8 Å². The highest BCUT2D eigenvalue weighted by molar-refractivity contribution is 5.91. The van der Waals surface area contributed by atoms with E-state index in [1.165, 1.54) is 11.1 Å². The highest BCUT2D eigenvalue weighted by Crippen LogP contribution is 2.17. The van der Waals surface area contributed by atoms with E-state index in [4.69, 9.17) is 10.6 Å². The summed E-state index contributed by atoms with van der Waals surface area (Å²) in [4.78, 5) is 15.6. The highest BCUT2D eigenvalue weighted by atomic mass is 16.5. The van der Waals surface area contributed by atoms with Crippen LogP contribution in [-0.2, 0) is 6.61 Å². The number of ether oxygens (including phenoxy) is 1. The van der Waals surface area contributed by atoms with Crippen molar-refractivity contribution >= 4 is 5.91 Å². The van der Waals surface area contributed by atoms with Crippen LogP contribution < -0.4 is 16.0 Å². The van der Waals surface area contributed by atoms with Gasteiger partial charge in [0.2, 0.25) is 0 Å². The maximum Gasteiger partial charge on any atom is 0.283 e. The lowest BCUT2D eigenvalue weighted by molar-refractivity contribution is 0.0948. The number of pyridine rings is 1. The minimum absolute atomic E-state index is 0.272. The second kappa shape index (κ2) is 6.16. The van der Waals surface area contributed by atoms with E-state index in [-0.39, 0.29) is 5.69 Å². The average Bonchev–Trinajstić information content (AvgIpc) is 2.48. The summed E-state index contributed by atoms with van der Waals surface area (Å²) in [6.45, 7) is 4.39. The van der Waals surface area contributed by atoms with Crippen LogP contribution in [0.3, 0.4) is 0 Å². The minimum atomic E-state index is -0.418. The number of benzene rings is 1. The molecule has 0 radical (unpaired) electrons. The first kappa shape index (κ1) is 14.0. The monoisotopic (exact) mass is 271 g/mol. The molecule has 3 N–H and O–H groups in total. The zero-order valence-electron chi connectivity index (χ0n) is 11.5. The van der Waals surface area contributed by atoms with E-state index in [2.05, 4.69) is 17.3 Å². The largest absolute Gasteiger partial charge is 0.487 e. The summed E-state index contributed by atoms with van der Waals surface area (Å²) in [5.41, 5.74) is 5.39. The predicted molar refractivity (Wildman–Crippen MR) is 76.1 cm³/mol. The zero-order valence-corrected chi connectivity index (χ0v) is 11.5. The van der Waals surface area contributed by atoms with Gasteiger partial charge < -0.3 is 4.74 Å². The topological polar surface area (TPSA) is 77.2 Å². The standard InChI is InChI=1S/C15H17N3O2/c1-10-6-7-13(8-11(10)2)20-9-12-4-3-5-14(17-12)15(19)18-16/h3-8H,9,16H2,1-2H3,(H,18,19). The van der Waals surface area contributed by atoms with Crippen molar-refractivity contribution in [3.63, 3.8) is 0 Å². The molecule has 0 unspecified atom stereocenters. The Kier molecular flexibility index (Phi) is 4.32. The molecule has 5 nitrogen and oxygen atoms in total. The van der Waals surface area contributed by atoms with Gasteiger partial charge in [0.25, 0.3) is 5.91 Å². The second-order valence-corrected chi connectivity index (χ2v) is 4.52. The molecule has 0 saturated carbocycles. The number of aryl methyl sites for hydroxylation is 2. The molecule has 5 heteroatoms. The molecule has 2 aromatic rings. The number of carbonyl (C=O) groups excluding carboxylic acids is 1. The van der Waals surface area contributed by atoms with E-state index in [1.54, 1.807) is 18.2 Å². The number of hydrogen-bond donors (Lipinski definition) is 2. The Morgan fingerprint density at radius 1 is 1.25 bits per heavy atom. The van der Waals surface area contributed by atoms with Crippen molar-refractivity contribution in [2.45, 2.75) is 20.5 Å². The van der Waals surface area contributed by atoms with Crippen LogP contribution in [-0.4, -0.2) is 10.9 Å². The molecular formula is C15H17N3O2. The van der Waals surface area contributed by atoms with Gasteiger partial charge in [-0.3, -0.25) is 10.2 Å². The molecule has 0 aliphatic rings. The van der Waals surface area contributed by atoms with Crippen molar-refractivity contribution < 1.29 is 9.53 Å². The molecule has 0 aliphatic carbocycles. The first-order valence-electron chi connectivity index (χ1n) is 6.27. The molecule has 0 saturated heterocycles. The van der Waals surface area contributed by atoms with E-state index in [1.807, 2.05) is 25.1 Å². The molecule has 1 heterocycles. The molecule has 20 heavy (non-hydrogen) atoms. The van der Waals surface area contributed by atoms with E-state index in [0.717, 1.165) is 5.75 Å². The lowest BCUT2D eigenvalue weighted by Gasteiger charge is -2.08. The summed E-state index contributed by atoms with van der Waals surface area (Å²) < 4.78 is 5.67. The van der Waals surface area contributed by atoms with E-state index < -0.39 is 5.91 Å². The summed E-state index contributed by atoms with van der Waals surface area (Å²) in [6, 6.07) is 11.0. The highest BCUT2D eigenvalue weighted by Gasteiger charge is 2.06. The van der Waals surface area contributed by atoms with Crippen molar-refractivity contribution in [1.82, 2.24) is 10.4 Å². The van der Waals surface area contributed by atoms with Crippen molar-refractivity contribution in [3.8, 4) is 5.75 Å². The summed E-state index contributed by atoms with van der Waals surface area (Å²) in [7, 11) is 0. The molecule has 0 atom stereocenters. The van der Waals surface area contributed by atoms with Gasteiger partial charge in [0.15, 0.2) is 0 Å². The Morgan fingerprint density at radius 3 is 2.75 bits per heavy atom. The first-order valence-corrected chi connectivity index (χ1v) is 6.27. The summed E-state index contributed by atoms with van der Waals surface area (Å²) in [5.74, 6) is 5.44. The molecule has 0 bridgehead atoms. The third-order valence-corrected chi connectivity index (χ3v) is 3.04. The quantitative estimate of drug-likeness (QED) is 0.505. The van der Waals surface area contributed by atoms with Crippen LogP contribution in [0.25, 0.3) is 0 Å². The van der Waals surface area contributed by atoms with Crippen LogP contribution in [0.1, 0.15) is 27.3 Å². The summed E-state index contributed by atoms with van der Waals surface area (Å²) in [6.07, 6.45) is 0. The molecule has 2 rings (SSSR count). The van der Waals surface area contributed by atoms with Gasteiger partial charge in [0, 0.05) is 0 Å². The summed E-state index contributed by atoms with van der Waals surface area (Å²) >= 11 is 0. The lowest BCUT2D eigenvalue weighted by atomic mass is 10.1. The average molecular weight is 271 g/mol. The molecule has 1 aromatic carbocycles. The van der Waals surface area contributed by atoms with E-state index >= 15 is 0 Å². The number of nitrogens with one attached hydrogen (secondary N) is 1. The van der Waals surface area contributed by atoms with Crippen LogP contribution in [0.2, 0.25) is 0 Å². The number of hydrogen-bond acceptors (Lipinski definition) is 4. The fourth-order valence-corrected chi connectivity index (χ4v) is 1.72. The molecule has 1 aromatic heterocycles. The summed E-state index contributed by atoms with van der Waals surface area (Å²) in [5, 5.41) is 0. The third kappa shape index (κ3) is 3.33. The fourth-order valence-electron chi connectivity index (χ4n) is 1.72. The minimum Gasteiger partial charge on any atom is -0.487 e. The van der Waals surface area contributed by atoms with Crippen molar-refractivity contribution in [1.29, 1.82) is 0 Å². The normalized spacial score (nSPS) is 10.2. The number of rotatable bonds is 4. The van der Waals surface area contributed by atoms with Gasteiger partial charge >= 0.3 is 0 Å². The number of nitrogen functional groups attached to an aromatic ring is 1. The second-order valence-electron chi connectivity index (χ2n) is 4.52. The van der Waals surface area contributed by atoms with Crippen LogP contribution in [0.15, 0.2) is 36.4 Å². The third-order valence-electron chi connectivity index (χ3n) is 3.04. The molecule has 0 aliphatic heterocycles. The Labute approximate surface area is 117 Å². The molecular weight excluding hydrogens is 254 g/mol. The number of nitrogens with zero attached hydrogens (tertiary/aromatic N) is 1. The number of aromatic nitrogens is 1. The van der Waals surface area contributed by atoms with Gasteiger partial charge in [-0.05, 0) is 49.2 Å². The predicted octanol–water partition coefficient (Wildman–Crippen LogP) is 1.88. The maximum atomic E-state index is 11.4. The molecule has 0 spiro atoms. The number of nitrogens with two attached hydrogens (primary N) is 1. The van der Waals surface area contributed by atoms with E-state index in [0.29, 0.717) is 12.3 Å².